The van der Waals surface area contributed by atoms with Gasteiger partial charge in [0.25, 0.3) is 10.0 Å². The first-order valence-corrected chi connectivity index (χ1v) is 8.26. The van der Waals surface area contributed by atoms with Crippen LogP contribution in [0.5, 0.6) is 5.75 Å². The lowest BCUT2D eigenvalue weighted by atomic mass is 10.2. The fourth-order valence-electron chi connectivity index (χ4n) is 2.47. The van der Waals surface area contributed by atoms with Gasteiger partial charge >= 0.3 is 0 Å². The van der Waals surface area contributed by atoms with E-state index in [0.717, 1.165) is 16.4 Å². The summed E-state index contributed by atoms with van der Waals surface area (Å²) in [5.74, 6) is -1.30. The molecule has 0 spiro atoms. The molecule has 0 aromatic heterocycles. The normalized spacial score (nSPS) is 14.1. The van der Waals surface area contributed by atoms with E-state index in [0.29, 0.717) is 29.7 Å². The van der Waals surface area contributed by atoms with Gasteiger partial charge in [-0.15, -0.1) is 0 Å². The number of rotatable bonds is 3. The van der Waals surface area contributed by atoms with E-state index in [1.54, 1.807) is 18.2 Å². The fourth-order valence-corrected chi connectivity index (χ4v) is 4.00. The van der Waals surface area contributed by atoms with Crippen LogP contribution in [0.1, 0.15) is 0 Å². The Hall–Kier alpha value is -2.35. The third kappa shape index (κ3) is 2.81. The molecule has 1 aliphatic heterocycles. The molecule has 0 unspecified atom stereocenters. The molecular weight excluding hydrogens is 326 g/mol. The highest BCUT2D eigenvalue weighted by molar-refractivity contribution is 7.92. The van der Waals surface area contributed by atoms with Gasteiger partial charge in [0.05, 0.1) is 29.9 Å². The Morgan fingerprint density at radius 2 is 1.83 bits per heavy atom. The van der Waals surface area contributed by atoms with Crippen LogP contribution in [-0.4, -0.2) is 28.6 Å². The summed E-state index contributed by atoms with van der Waals surface area (Å²) in [6.07, 6.45) is 0. The predicted molar refractivity (Wildman–Crippen MR) is 82.4 cm³/mol. The van der Waals surface area contributed by atoms with Crippen LogP contribution in [0.4, 0.5) is 20.2 Å². The summed E-state index contributed by atoms with van der Waals surface area (Å²) in [5, 5.41) is 3.08. The molecule has 2 aromatic rings. The van der Waals surface area contributed by atoms with Crippen molar-refractivity contribution in [1.29, 1.82) is 0 Å². The molecule has 122 valence electrons. The molecule has 0 saturated carbocycles. The molecule has 5 nitrogen and oxygen atoms in total. The largest absolute Gasteiger partial charge is 0.497 e. The highest BCUT2D eigenvalue weighted by Crippen LogP contribution is 2.36. The number of methoxy groups -OCH3 is 1. The van der Waals surface area contributed by atoms with Crippen molar-refractivity contribution in [3.8, 4) is 5.75 Å². The van der Waals surface area contributed by atoms with Gasteiger partial charge in [0.1, 0.15) is 17.4 Å². The van der Waals surface area contributed by atoms with Gasteiger partial charge in [-0.25, -0.2) is 17.2 Å². The molecule has 1 aliphatic rings. The number of nitrogens with one attached hydrogen (secondary N) is 1. The van der Waals surface area contributed by atoms with Gasteiger partial charge in [0.2, 0.25) is 0 Å². The first-order chi connectivity index (χ1) is 10.9. The smallest absolute Gasteiger partial charge is 0.264 e. The van der Waals surface area contributed by atoms with E-state index in [9.17, 15) is 17.2 Å². The van der Waals surface area contributed by atoms with Gasteiger partial charge in [-0.1, -0.05) is 0 Å². The van der Waals surface area contributed by atoms with Crippen molar-refractivity contribution in [3.05, 3.63) is 48.0 Å². The first-order valence-electron chi connectivity index (χ1n) is 6.82. The van der Waals surface area contributed by atoms with E-state index in [4.69, 9.17) is 4.74 Å². The number of halogens is 2. The van der Waals surface area contributed by atoms with Gasteiger partial charge < -0.3 is 10.1 Å². The molecule has 0 amide bonds. The van der Waals surface area contributed by atoms with E-state index in [-0.39, 0.29) is 6.54 Å². The molecule has 2 aromatic carbocycles. The van der Waals surface area contributed by atoms with Gasteiger partial charge in [0.15, 0.2) is 0 Å². The summed E-state index contributed by atoms with van der Waals surface area (Å²) >= 11 is 0. The topological polar surface area (TPSA) is 58.6 Å². The van der Waals surface area contributed by atoms with Crippen LogP contribution in [0.2, 0.25) is 0 Å². The number of benzene rings is 2. The zero-order chi connectivity index (χ0) is 16.6. The maximum absolute atomic E-state index is 13.4. The standard InChI is InChI=1S/C15H14F2N2O3S/c1-22-12-2-3-15-14(9-12)18-4-5-19(15)23(20,21)13-7-10(16)6-11(17)8-13/h2-3,6-9,18H,4-5H2,1H3. The highest BCUT2D eigenvalue weighted by atomic mass is 32.2. The number of hydrogen-bond donors (Lipinski definition) is 1. The van der Waals surface area contributed by atoms with Crippen LogP contribution >= 0.6 is 0 Å². The minimum Gasteiger partial charge on any atom is -0.497 e. The summed E-state index contributed by atoms with van der Waals surface area (Å²) < 4.78 is 58.5. The Morgan fingerprint density at radius 3 is 2.48 bits per heavy atom. The second kappa shape index (κ2) is 5.69. The molecule has 8 heteroatoms. The Morgan fingerprint density at radius 1 is 1.13 bits per heavy atom. The number of hydrogen-bond acceptors (Lipinski definition) is 4. The fraction of sp³-hybridized carbons (Fsp3) is 0.200. The molecule has 0 fully saturated rings. The summed E-state index contributed by atoms with van der Waals surface area (Å²) in [4.78, 5) is -0.418. The SMILES string of the molecule is COc1ccc2c(c1)NCCN2S(=O)(=O)c1cc(F)cc(F)c1. The van der Waals surface area contributed by atoms with Crippen LogP contribution in [0, 0.1) is 11.6 Å². The minimum absolute atomic E-state index is 0.153. The monoisotopic (exact) mass is 340 g/mol. The predicted octanol–water partition coefficient (Wildman–Crippen LogP) is 2.59. The Balaban J connectivity index is 2.09. The number of ether oxygens (including phenoxy) is 1. The Bertz CT molecular complexity index is 836. The quantitative estimate of drug-likeness (QED) is 0.933. The van der Waals surface area contributed by atoms with Crippen molar-refractivity contribution in [1.82, 2.24) is 0 Å². The van der Waals surface area contributed by atoms with E-state index in [1.807, 2.05) is 0 Å². The van der Waals surface area contributed by atoms with E-state index >= 15 is 0 Å². The van der Waals surface area contributed by atoms with Gasteiger partial charge in [-0.3, -0.25) is 4.31 Å². The number of fused-ring (bicyclic) bond motifs is 1. The van der Waals surface area contributed by atoms with Crippen molar-refractivity contribution in [2.75, 3.05) is 29.8 Å². The minimum atomic E-state index is -4.07. The second-order valence-electron chi connectivity index (χ2n) is 4.99. The Labute approximate surface area is 132 Å². The summed E-state index contributed by atoms with van der Waals surface area (Å²) in [7, 11) is -2.56. The van der Waals surface area contributed by atoms with Crippen molar-refractivity contribution in [2.45, 2.75) is 4.90 Å². The van der Waals surface area contributed by atoms with Crippen molar-refractivity contribution in [3.63, 3.8) is 0 Å². The van der Waals surface area contributed by atoms with Crippen molar-refractivity contribution in [2.24, 2.45) is 0 Å². The summed E-state index contributed by atoms with van der Waals surface area (Å²) in [6, 6.07) is 7.14. The van der Waals surface area contributed by atoms with Crippen LogP contribution < -0.4 is 14.4 Å². The molecule has 1 heterocycles. The number of sulfonamides is 1. The van der Waals surface area contributed by atoms with E-state index in [2.05, 4.69) is 5.32 Å². The van der Waals surface area contributed by atoms with E-state index < -0.39 is 26.6 Å². The van der Waals surface area contributed by atoms with Crippen LogP contribution in [-0.2, 0) is 10.0 Å². The van der Waals surface area contributed by atoms with Crippen LogP contribution in [0.25, 0.3) is 0 Å². The lowest BCUT2D eigenvalue weighted by molar-refractivity contribution is 0.415. The van der Waals surface area contributed by atoms with Gasteiger partial charge in [0, 0.05) is 18.7 Å². The highest BCUT2D eigenvalue weighted by Gasteiger charge is 2.30. The average molecular weight is 340 g/mol. The molecular formula is C15H14F2N2O3S. The van der Waals surface area contributed by atoms with Crippen molar-refractivity contribution < 1.29 is 21.9 Å². The molecule has 0 aliphatic carbocycles. The lowest BCUT2D eigenvalue weighted by Crippen LogP contribution is -2.38. The van der Waals surface area contributed by atoms with Gasteiger partial charge in [-0.2, -0.15) is 0 Å². The van der Waals surface area contributed by atoms with Gasteiger partial charge in [-0.05, 0) is 24.3 Å². The van der Waals surface area contributed by atoms with Crippen LogP contribution in [0.3, 0.4) is 0 Å². The lowest BCUT2D eigenvalue weighted by Gasteiger charge is -2.31. The second-order valence-corrected chi connectivity index (χ2v) is 6.85. The number of nitrogens with zero attached hydrogens (tertiary/aromatic N) is 1. The number of anilines is 2. The summed E-state index contributed by atoms with van der Waals surface area (Å²) in [6.45, 7) is 0.525. The molecule has 1 N–H and O–H groups in total. The third-order valence-electron chi connectivity index (χ3n) is 3.53. The Kier molecular flexibility index (Phi) is 3.85. The zero-order valence-electron chi connectivity index (χ0n) is 12.2. The molecule has 23 heavy (non-hydrogen) atoms. The molecule has 0 radical (unpaired) electrons. The maximum atomic E-state index is 13.4. The summed E-state index contributed by atoms with van der Waals surface area (Å²) in [5.41, 5.74) is 0.984. The van der Waals surface area contributed by atoms with Crippen molar-refractivity contribution >= 4 is 21.4 Å². The molecule has 0 saturated heterocycles. The van der Waals surface area contributed by atoms with Crippen LogP contribution in [0.15, 0.2) is 41.3 Å². The molecule has 0 bridgehead atoms. The first kappa shape index (κ1) is 15.5. The maximum Gasteiger partial charge on any atom is 0.264 e. The van der Waals surface area contributed by atoms with E-state index in [1.165, 1.54) is 7.11 Å². The molecule has 0 atom stereocenters. The zero-order valence-corrected chi connectivity index (χ0v) is 13.0. The third-order valence-corrected chi connectivity index (χ3v) is 5.32. The molecule has 3 rings (SSSR count). The average Bonchev–Trinajstić information content (AvgIpc) is 2.52.